The van der Waals surface area contributed by atoms with Gasteiger partial charge in [0.15, 0.2) is 5.96 Å². The fraction of sp³-hybridized carbons (Fsp3) is 0.278. The smallest absolute Gasteiger partial charge is 0.416 e. The summed E-state index contributed by atoms with van der Waals surface area (Å²) >= 11 is 0. The van der Waals surface area contributed by atoms with Crippen LogP contribution in [0.2, 0.25) is 0 Å². The lowest BCUT2D eigenvalue weighted by Gasteiger charge is -2.11. The number of ether oxygens (including phenoxy) is 1. The first-order valence-corrected chi connectivity index (χ1v) is 7.74. The minimum Gasteiger partial charge on any atom is -0.491 e. The lowest BCUT2D eigenvalue weighted by Crippen LogP contribution is -2.22. The van der Waals surface area contributed by atoms with Gasteiger partial charge in [-0.2, -0.15) is 13.2 Å². The second-order valence-electron chi connectivity index (χ2n) is 5.72. The zero-order chi connectivity index (χ0) is 18.4. The molecule has 2 aromatic carbocycles. The van der Waals surface area contributed by atoms with Gasteiger partial charge in [0, 0.05) is 5.69 Å². The number of nitrogens with one attached hydrogen (secondary N) is 1. The third-order valence-electron chi connectivity index (χ3n) is 3.18. The largest absolute Gasteiger partial charge is 0.491 e. The van der Waals surface area contributed by atoms with E-state index in [1.54, 1.807) is 30.3 Å². The predicted molar refractivity (Wildman–Crippen MR) is 92.6 cm³/mol. The summed E-state index contributed by atoms with van der Waals surface area (Å²) in [6, 6.07) is 12.2. The molecule has 0 aliphatic carbocycles. The average molecular weight is 351 g/mol. The Hall–Kier alpha value is -2.70. The number of benzene rings is 2. The summed E-state index contributed by atoms with van der Waals surface area (Å²) < 4.78 is 43.6. The number of aliphatic imine (C=N–C) groups is 1. The highest BCUT2D eigenvalue weighted by Gasteiger charge is 2.30. The van der Waals surface area contributed by atoms with Crippen LogP contribution < -0.4 is 15.8 Å². The summed E-state index contributed by atoms with van der Waals surface area (Å²) in [5.41, 5.74) is 6.22. The van der Waals surface area contributed by atoms with Crippen molar-refractivity contribution in [3.8, 4) is 5.75 Å². The molecule has 134 valence electrons. The van der Waals surface area contributed by atoms with Gasteiger partial charge >= 0.3 is 6.18 Å². The first-order chi connectivity index (χ1) is 11.7. The van der Waals surface area contributed by atoms with Crippen LogP contribution in [0, 0.1) is 0 Å². The average Bonchev–Trinajstić information content (AvgIpc) is 2.54. The molecule has 25 heavy (non-hydrogen) atoms. The molecule has 0 aliphatic rings. The molecule has 0 bridgehead atoms. The third kappa shape index (κ3) is 6.02. The molecular weight excluding hydrogens is 331 g/mol. The van der Waals surface area contributed by atoms with E-state index in [2.05, 4.69) is 10.3 Å². The van der Waals surface area contributed by atoms with Crippen molar-refractivity contribution in [2.45, 2.75) is 32.7 Å². The Labute approximate surface area is 144 Å². The van der Waals surface area contributed by atoms with Crippen LogP contribution in [0.1, 0.15) is 25.0 Å². The summed E-state index contributed by atoms with van der Waals surface area (Å²) in [6.07, 6.45) is -4.29. The SMILES string of the molecule is CC(C)Oc1ccc(NC(N)=NCc2cccc(C(F)(F)F)c2)cc1. The summed E-state index contributed by atoms with van der Waals surface area (Å²) in [7, 11) is 0. The maximum atomic E-state index is 12.7. The predicted octanol–water partition coefficient (Wildman–Crippen LogP) is 4.42. The monoisotopic (exact) mass is 351 g/mol. The molecule has 3 N–H and O–H groups in total. The third-order valence-corrected chi connectivity index (χ3v) is 3.18. The van der Waals surface area contributed by atoms with E-state index >= 15 is 0 Å². The van der Waals surface area contributed by atoms with E-state index in [0.29, 0.717) is 11.3 Å². The van der Waals surface area contributed by atoms with Gasteiger partial charge in [0.25, 0.3) is 0 Å². The molecule has 0 saturated carbocycles. The Balaban J connectivity index is 1.98. The summed E-state index contributed by atoms with van der Waals surface area (Å²) in [5, 5.41) is 2.89. The molecule has 0 radical (unpaired) electrons. The van der Waals surface area contributed by atoms with Gasteiger partial charge in [-0.1, -0.05) is 12.1 Å². The zero-order valence-electron chi connectivity index (χ0n) is 14.0. The van der Waals surface area contributed by atoms with Gasteiger partial charge in [0.05, 0.1) is 18.2 Å². The molecule has 0 saturated heterocycles. The zero-order valence-corrected chi connectivity index (χ0v) is 14.0. The van der Waals surface area contributed by atoms with E-state index in [4.69, 9.17) is 10.5 Å². The van der Waals surface area contributed by atoms with Crippen molar-refractivity contribution in [2.24, 2.45) is 10.7 Å². The van der Waals surface area contributed by atoms with Gasteiger partial charge in [0.2, 0.25) is 0 Å². The van der Waals surface area contributed by atoms with Crippen molar-refractivity contribution in [3.05, 3.63) is 59.7 Å². The van der Waals surface area contributed by atoms with Crippen LogP contribution in [0.25, 0.3) is 0 Å². The van der Waals surface area contributed by atoms with Crippen LogP contribution >= 0.6 is 0 Å². The first-order valence-electron chi connectivity index (χ1n) is 7.74. The van der Waals surface area contributed by atoms with E-state index in [-0.39, 0.29) is 18.6 Å². The number of halogens is 3. The number of anilines is 1. The molecule has 0 spiro atoms. The fourth-order valence-corrected chi connectivity index (χ4v) is 2.10. The van der Waals surface area contributed by atoms with Gasteiger partial charge in [-0.05, 0) is 55.8 Å². The first kappa shape index (κ1) is 18.6. The second kappa shape index (κ2) is 7.92. The van der Waals surface area contributed by atoms with Crippen molar-refractivity contribution in [3.63, 3.8) is 0 Å². The number of alkyl halides is 3. The quantitative estimate of drug-likeness (QED) is 0.619. The highest BCUT2D eigenvalue weighted by molar-refractivity contribution is 5.92. The molecule has 2 rings (SSSR count). The molecule has 2 aromatic rings. The number of nitrogens with two attached hydrogens (primary N) is 1. The Kier molecular flexibility index (Phi) is 5.90. The normalized spacial score (nSPS) is 12.3. The van der Waals surface area contributed by atoms with Crippen LogP contribution in [0.4, 0.5) is 18.9 Å². The summed E-state index contributed by atoms with van der Waals surface area (Å²) in [6.45, 7) is 3.92. The number of nitrogens with zero attached hydrogens (tertiary/aromatic N) is 1. The Morgan fingerprint density at radius 3 is 2.44 bits per heavy atom. The van der Waals surface area contributed by atoms with Gasteiger partial charge in [-0.15, -0.1) is 0 Å². The van der Waals surface area contributed by atoms with Gasteiger partial charge in [0.1, 0.15) is 5.75 Å². The lowest BCUT2D eigenvalue weighted by atomic mass is 10.1. The molecule has 7 heteroatoms. The number of guanidine groups is 1. The molecule has 0 atom stereocenters. The molecule has 0 aromatic heterocycles. The fourth-order valence-electron chi connectivity index (χ4n) is 2.10. The Morgan fingerprint density at radius 1 is 1.16 bits per heavy atom. The Morgan fingerprint density at radius 2 is 1.84 bits per heavy atom. The maximum Gasteiger partial charge on any atom is 0.416 e. The van der Waals surface area contributed by atoms with Crippen molar-refractivity contribution in [1.29, 1.82) is 0 Å². The minimum atomic E-state index is -4.37. The van der Waals surface area contributed by atoms with E-state index in [1.165, 1.54) is 6.07 Å². The molecule has 0 aliphatic heterocycles. The second-order valence-corrected chi connectivity index (χ2v) is 5.72. The molecule has 0 heterocycles. The van der Waals surface area contributed by atoms with Crippen molar-refractivity contribution in [1.82, 2.24) is 0 Å². The molecule has 0 amide bonds. The molecule has 0 fully saturated rings. The minimum absolute atomic E-state index is 0.0529. The maximum absolute atomic E-state index is 12.7. The van der Waals surface area contributed by atoms with Crippen LogP contribution in [0.15, 0.2) is 53.5 Å². The standard InChI is InChI=1S/C18H20F3N3O/c1-12(2)25-16-8-6-15(7-9-16)24-17(22)23-11-13-4-3-5-14(10-13)18(19,20)21/h3-10,12H,11H2,1-2H3,(H3,22,23,24). The van der Waals surface area contributed by atoms with Gasteiger partial charge < -0.3 is 15.8 Å². The topological polar surface area (TPSA) is 59.6 Å². The van der Waals surface area contributed by atoms with Crippen LogP contribution in [-0.2, 0) is 12.7 Å². The molecule has 0 unspecified atom stereocenters. The van der Waals surface area contributed by atoms with Crippen molar-refractivity contribution in [2.75, 3.05) is 5.32 Å². The molecular formula is C18H20F3N3O. The van der Waals surface area contributed by atoms with E-state index < -0.39 is 11.7 Å². The van der Waals surface area contributed by atoms with Gasteiger partial charge in [-0.3, -0.25) is 0 Å². The lowest BCUT2D eigenvalue weighted by molar-refractivity contribution is -0.137. The highest BCUT2D eigenvalue weighted by atomic mass is 19.4. The van der Waals surface area contributed by atoms with Gasteiger partial charge in [-0.25, -0.2) is 4.99 Å². The van der Waals surface area contributed by atoms with E-state index in [1.807, 2.05) is 13.8 Å². The molecule has 4 nitrogen and oxygen atoms in total. The van der Waals surface area contributed by atoms with Crippen LogP contribution in [-0.4, -0.2) is 12.1 Å². The number of rotatable bonds is 5. The summed E-state index contributed by atoms with van der Waals surface area (Å²) in [5.74, 6) is 0.856. The van der Waals surface area contributed by atoms with Crippen LogP contribution in [0.3, 0.4) is 0 Å². The van der Waals surface area contributed by atoms with Crippen LogP contribution in [0.5, 0.6) is 5.75 Å². The van der Waals surface area contributed by atoms with Crippen molar-refractivity contribution < 1.29 is 17.9 Å². The number of hydrogen-bond acceptors (Lipinski definition) is 2. The van der Waals surface area contributed by atoms with E-state index in [0.717, 1.165) is 17.9 Å². The Bertz CT molecular complexity index is 725. The van der Waals surface area contributed by atoms with E-state index in [9.17, 15) is 13.2 Å². The summed E-state index contributed by atoms with van der Waals surface area (Å²) in [4.78, 5) is 4.07. The van der Waals surface area contributed by atoms with Crippen molar-refractivity contribution >= 4 is 11.6 Å². The number of hydrogen-bond donors (Lipinski definition) is 2. The highest BCUT2D eigenvalue weighted by Crippen LogP contribution is 2.29.